The van der Waals surface area contributed by atoms with Gasteiger partial charge in [0.15, 0.2) is 5.75 Å². The maximum Gasteiger partial charge on any atom is 0.446 e. The number of thioether (sulfide) groups is 1. The van der Waals surface area contributed by atoms with Gasteiger partial charge in [-0.15, -0.1) is 0 Å². The van der Waals surface area contributed by atoms with Crippen LogP contribution in [0, 0.1) is 13.8 Å². The fraction of sp³-hybridized carbons (Fsp3) is 0.417. The highest BCUT2D eigenvalue weighted by atomic mass is 32.3. The first-order valence-electron chi connectivity index (χ1n) is 11.2. The minimum absolute atomic E-state index is 0.0855. The van der Waals surface area contributed by atoms with Crippen LogP contribution in [-0.2, 0) is 34.6 Å². The average molecular weight is 538 g/mol. The van der Waals surface area contributed by atoms with Gasteiger partial charge < -0.3 is 18.8 Å². The van der Waals surface area contributed by atoms with Crippen molar-refractivity contribution in [2.75, 3.05) is 6.61 Å². The lowest BCUT2D eigenvalue weighted by Gasteiger charge is -2.38. The molecule has 0 saturated carbocycles. The second kappa shape index (κ2) is 9.92. The summed E-state index contributed by atoms with van der Waals surface area (Å²) in [6.45, 7) is 5.05. The topological polar surface area (TPSA) is 148 Å². The number of imide groups is 1. The first-order valence-corrected chi connectivity index (χ1v) is 13.5. The Morgan fingerprint density at radius 3 is 2.47 bits per heavy atom. The van der Waals surface area contributed by atoms with Crippen molar-refractivity contribution in [3.63, 3.8) is 0 Å². The Balaban J connectivity index is 1.46. The Morgan fingerprint density at radius 2 is 1.89 bits per heavy atom. The Kier molecular flexibility index (Phi) is 7.24. The van der Waals surface area contributed by atoms with Crippen LogP contribution in [-0.4, -0.2) is 46.7 Å². The van der Waals surface area contributed by atoms with Gasteiger partial charge in [0, 0.05) is 11.1 Å². The third-order valence-electron chi connectivity index (χ3n) is 6.41. The molecule has 1 fully saturated rings. The molecule has 2 aromatic carbocycles. The number of hydrogen-bond acceptors (Lipinski definition) is 9. The van der Waals surface area contributed by atoms with Crippen LogP contribution in [0.1, 0.15) is 41.2 Å². The third kappa shape index (κ3) is 5.61. The van der Waals surface area contributed by atoms with Crippen molar-refractivity contribution in [2.45, 2.75) is 57.5 Å². The molecule has 0 spiro atoms. The van der Waals surface area contributed by atoms with Crippen LogP contribution in [0.15, 0.2) is 24.3 Å². The highest BCUT2D eigenvalue weighted by molar-refractivity contribution is 8.15. The van der Waals surface area contributed by atoms with E-state index in [0.717, 1.165) is 17.3 Å². The lowest BCUT2D eigenvalue weighted by Crippen LogP contribution is -2.42. The third-order valence-corrected chi connectivity index (χ3v) is 7.77. The number of fused-ring (bicyclic) bond motifs is 1. The van der Waals surface area contributed by atoms with Crippen LogP contribution < -0.4 is 19.0 Å². The van der Waals surface area contributed by atoms with Crippen molar-refractivity contribution in [2.24, 2.45) is 0 Å². The molecular formula is C24H27NO9S2. The monoisotopic (exact) mass is 537 g/mol. The maximum atomic E-state index is 11.8. The van der Waals surface area contributed by atoms with Crippen molar-refractivity contribution >= 4 is 33.3 Å². The molecule has 2 atom stereocenters. The molecule has 2 aliphatic heterocycles. The lowest BCUT2D eigenvalue weighted by molar-refractivity contribution is -0.118. The lowest BCUT2D eigenvalue weighted by atomic mass is 9.87. The zero-order valence-corrected chi connectivity index (χ0v) is 21.6. The maximum absolute atomic E-state index is 11.8. The Morgan fingerprint density at radius 1 is 1.19 bits per heavy atom. The number of ether oxygens (including phenoxy) is 2. The number of rotatable bonds is 8. The molecule has 10 nitrogen and oxygen atoms in total. The van der Waals surface area contributed by atoms with Gasteiger partial charge in [0.25, 0.3) is 5.24 Å². The zero-order chi connectivity index (χ0) is 26.3. The summed E-state index contributed by atoms with van der Waals surface area (Å²) in [5.74, 6) is 0.792. The zero-order valence-electron chi connectivity index (χ0n) is 20.0. The van der Waals surface area contributed by atoms with E-state index in [4.69, 9.17) is 13.7 Å². The molecule has 36 heavy (non-hydrogen) atoms. The van der Waals surface area contributed by atoms with Gasteiger partial charge in [0.1, 0.15) is 23.7 Å². The second-order valence-corrected chi connectivity index (χ2v) is 11.3. The minimum Gasteiger partial charge on any atom is -0.489 e. The van der Waals surface area contributed by atoms with E-state index in [1.54, 1.807) is 26.0 Å². The number of amides is 2. The molecule has 3 N–H and O–H groups in total. The van der Waals surface area contributed by atoms with E-state index in [0.29, 0.717) is 47.5 Å². The fourth-order valence-electron chi connectivity index (χ4n) is 4.34. The summed E-state index contributed by atoms with van der Waals surface area (Å²) >= 11 is 0.991. The van der Waals surface area contributed by atoms with E-state index >= 15 is 0 Å². The van der Waals surface area contributed by atoms with Gasteiger partial charge >= 0.3 is 10.4 Å². The highest BCUT2D eigenvalue weighted by Gasteiger charge is 2.37. The average Bonchev–Trinajstić information content (AvgIpc) is 3.13. The Bertz CT molecular complexity index is 1310. The molecule has 2 aromatic rings. The normalized spacial score (nSPS) is 21.5. The Hall–Kier alpha value is -2.80. The summed E-state index contributed by atoms with van der Waals surface area (Å²) in [6, 6.07) is 7.30. The highest BCUT2D eigenvalue weighted by Crippen LogP contribution is 2.44. The second-order valence-electron chi connectivity index (χ2n) is 9.11. The summed E-state index contributed by atoms with van der Waals surface area (Å²) in [4.78, 5) is 23.1. The van der Waals surface area contributed by atoms with Gasteiger partial charge in [-0.3, -0.25) is 19.5 Å². The van der Waals surface area contributed by atoms with Crippen molar-refractivity contribution < 1.29 is 41.3 Å². The summed E-state index contributed by atoms with van der Waals surface area (Å²) in [5, 5.41) is 11.5. The molecule has 0 radical (unpaired) electrons. The van der Waals surface area contributed by atoms with Crippen molar-refractivity contribution in [3.05, 3.63) is 52.1 Å². The summed E-state index contributed by atoms with van der Waals surface area (Å²) in [7, 11) is -4.76. The molecule has 194 valence electrons. The molecule has 2 aliphatic rings. The van der Waals surface area contributed by atoms with E-state index in [-0.39, 0.29) is 29.1 Å². The van der Waals surface area contributed by atoms with Gasteiger partial charge in [-0.05, 0) is 68.9 Å². The van der Waals surface area contributed by atoms with Gasteiger partial charge in [-0.25, -0.2) is 0 Å². The minimum atomic E-state index is -4.76. The van der Waals surface area contributed by atoms with E-state index < -0.39 is 27.9 Å². The van der Waals surface area contributed by atoms with Gasteiger partial charge in [-0.1, -0.05) is 23.9 Å². The van der Waals surface area contributed by atoms with Crippen LogP contribution in [0.4, 0.5) is 4.79 Å². The summed E-state index contributed by atoms with van der Waals surface area (Å²) in [6.07, 6.45) is 1.45. The van der Waals surface area contributed by atoms with Crippen LogP contribution in [0.3, 0.4) is 0 Å². The largest absolute Gasteiger partial charge is 0.489 e. The van der Waals surface area contributed by atoms with Gasteiger partial charge in [0.2, 0.25) is 5.91 Å². The molecule has 0 bridgehead atoms. The van der Waals surface area contributed by atoms with Crippen LogP contribution in [0.5, 0.6) is 17.2 Å². The SMILES string of the molecule is Cc1c(C)c(OS(=O)(=O)O)c(CO)c2c1OC(C)(COc1ccc(CC3SC(=O)NC3=O)cc1)CC2. The van der Waals surface area contributed by atoms with Crippen LogP contribution in [0.25, 0.3) is 0 Å². The molecule has 12 heteroatoms. The molecule has 4 rings (SSSR count). The van der Waals surface area contributed by atoms with E-state index in [1.165, 1.54) is 0 Å². The summed E-state index contributed by atoms with van der Waals surface area (Å²) in [5.41, 5.74) is 2.19. The number of nitrogens with one attached hydrogen (secondary N) is 1. The molecular weight excluding hydrogens is 510 g/mol. The van der Waals surface area contributed by atoms with Crippen LogP contribution >= 0.6 is 11.8 Å². The van der Waals surface area contributed by atoms with Gasteiger partial charge in [0.05, 0.1) is 11.9 Å². The molecule has 2 heterocycles. The quantitative estimate of drug-likeness (QED) is 0.429. The number of carbonyl (C=O) groups is 2. The fourth-order valence-corrected chi connectivity index (χ4v) is 5.64. The standard InChI is InChI=1S/C24H27NO9S2/c1-13-14(2)21(34-36(29,30)31)18(11-26)17-8-9-24(3,33-20(13)17)12-32-16-6-4-15(5-7-16)10-19-22(27)25-23(28)35-19/h4-7,19,26H,8-12H2,1-3H3,(H,25,27,28)(H,29,30,31). The predicted octanol–water partition coefficient (Wildman–Crippen LogP) is 3.03. The molecule has 0 aromatic heterocycles. The van der Waals surface area contributed by atoms with E-state index in [9.17, 15) is 27.7 Å². The van der Waals surface area contributed by atoms with Crippen molar-refractivity contribution in [1.82, 2.24) is 5.32 Å². The van der Waals surface area contributed by atoms with E-state index in [2.05, 4.69) is 5.32 Å². The molecule has 0 aliphatic carbocycles. The molecule has 2 amide bonds. The number of aliphatic hydroxyl groups is 1. The molecule has 2 unspecified atom stereocenters. The predicted molar refractivity (Wildman–Crippen MR) is 132 cm³/mol. The van der Waals surface area contributed by atoms with Gasteiger partial charge in [-0.2, -0.15) is 8.42 Å². The molecule has 1 saturated heterocycles. The number of aliphatic hydroxyl groups excluding tert-OH is 1. The Labute approximate surface area is 213 Å². The van der Waals surface area contributed by atoms with Crippen LogP contribution in [0.2, 0.25) is 0 Å². The first-order chi connectivity index (χ1) is 16.9. The van der Waals surface area contributed by atoms with Crippen molar-refractivity contribution in [1.29, 1.82) is 0 Å². The van der Waals surface area contributed by atoms with E-state index in [1.807, 2.05) is 19.1 Å². The number of benzene rings is 2. The first kappa shape index (κ1) is 26.3. The number of hydrogen-bond donors (Lipinski definition) is 3. The number of carbonyl (C=O) groups excluding carboxylic acids is 2. The van der Waals surface area contributed by atoms with Crippen molar-refractivity contribution in [3.8, 4) is 17.2 Å². The smallest absolute Gasteiger partial charge is 0.446 e. The summed E-state index contributed by atoms with van der Waals surface area (Å²) < 4.78 is 48.9.